The van der Waals surface area contributed by atoms with Crippen LogP contribution in [0, 0.1) is 11.8 Å². The summed E-state index contributed by atoms with van der Waals surface area (Å²) < 4.78 is 0. The highest BCUT2D eigenvalue weighted by Crippen LogP contribution is 2.39. The van der Waals surface area contributed by atoms with E-state index in [1.807, 2.05) is 24.3 Å². The van der Waals surface area contributed by atoms with Crippen LogP contribution >= 0.6 is 0 Å². The van der Waals surface area contributed by atoms with Crippen LogP contribution in [0.15, 0.2) is 60.9 Å². The third-order valence-electron chi connectivity index (χ3n) is 10.9. The van der Waals surface area contributed by atoms with Crippen molar-refractivity contribution in [3.63, 3.8) is 0 Å². The van der Waals surface area contributed by atoms with Gasteiger partial charge in [0.15, 0.2) is 0 Å². The highest BCUT2D eigenvalue weighted by molar-refractivity contribution is 5.87. The summed E-state index contributed by atoms with van der Waals surface area (Å²) in [7, 11) is 0. The molecule has 4 heterocycles. The average molecular weight is 707 g/mol. The van der Waals surface area contributed by atoms with Gasteiger partial charge in [0, 0.05) is 13.1 Å². The van der Waals surface area contributed by atoms with Gasteiger partial charge in [-0.2, -0.15) is 0 Å². The van der Waals surface area contributed by atoms with Crippen LogP contribution in [-0.4, -0.2) is 89.1 Å². The quantitative estimate of drug-likeness (QED) is 0.117. The van der Waals surface area contributed by atoms with Gasteiger partial charge in [-0.05, 0) is 85.5 Å². The molecule has 0 radical (unpaired) electrons. The van der Waals surface area contributed by atoms with Crippen molar-refractivity contribution >= 4 is 24.0 Å². The van der Waals surface area contributed by atoms with E-state index in [9.17, 15) is 29.4 Å². The highest BCUT2D eigenvalue weighted by Gasteiger charge is 2.44. The zero-order valence-corrected chi connectivity index (χ0v) is 28.6. The number of aromatic nitrogens is 4. The molecule has 2 saturated heterocycles. The molecule has 0 bridgehead atoms. The molecule has 4 amide bonds. The fourth-order valence-corrected chi connectivity index (χ4v) is 7.86. The molecule has 270 valence electrons. The second kappa shape index (κ2) is 13.8. The minimum absolute atomic E-state index is 0.0632. The van der Waals surface area contributed by atoms with Gasteiger partial charge < -0.3 is 40.6 Å². The lowest BCUT2D eigenvalue weighted by atomic mass is 10.0. The number of carbonyl (C=O) groups excluding carboxylic acids is 2. The molecule has 2 aliphatic heterocycles. The summed E-state index contributed by atoms with van der Waals surface area (Å²) in [6.45, 7) is 1.15. The molecule has 8 rings (SSSR count). The lowest BCUT2D eigenvalue weighted by molar-refractivity contribution is -0.135. The third-order valence-corrected chi connectivity index (χ3v) is 10.9. The van der Waals surface area contributed by atoms with Gasteiger partial charge in [-0.25, -0.2) is 19.6 Å². The number of carboxylic acid groups (broad SMARTS) is 2. The smallest absolute Gasteiger partial charge is 0.405 e. The van der Waals surface area contributed by atoms with Crippen LogP contribution in [0.5, 0.6) is 0 Å². The zero-order chi connectivity index (χ0) is 35.9. The first kappa shape index (κ1) is 33.5. The summed E-state index contributed by atoms with van der Waals surface area (Å²) in [5.41, 5.74) is 5.71. The fourth-order valence-electron chi connectivity index (χ4n) is 7.86. The number of H-pyrrole nitrogens is 2. The fraction of sp³-hybridized carbons (Fsp3) is 0.421. The van der Waals surface area contributed by atoms with Crippen LogP contribution in [0.1, 0.15) is 75.1 Å². The number of aromatic amines is 2. The molecule has 14 heteroatoms. The largest absolute Gasteiger partial charge is 0.465 e. The Kier molecular flexibility index (Phi) is 8.89. The number of benzene rings is 2. The molecule has 14 nitrogen and oxygen atoms in total. The van der Waals surface area contributed by atoms with Gasteiger partial charge >= 0.3 is 12.2 Å². The molecule has 6 N–H and O–H groups in total. The Labute approximate surface area is 300 Å². The maximum Gasteiger partial charge on any atom is 0.405 e. The predicted octanol–water partition coefficient (Wildman–Crippen LogP) is 5.55. The number of amides is 4. The van der Waals surface area contributed by atoms with E-state index in [-0.39, 0.29) is 35.7 Å². The van der Waals surface area contributed by atoms with Crippen LogP contribution in [-0.2, 0) is 9.59 Å². The first-order valence-electron chi connectivity index (χ1n) is 18.1. The van der Waals surface area contributed by atoms with E-state index in [2.05, 4.69) is 54.8 Å². The van der Waals surface area contributed by atoms with E-state index in [0.717, 1.165) is 85.0 Å². The summed E-state index contributed by atoms with van der Waals surface area (Å²) in [6.07, 6.45) is 7.84. The monoisotopic (exact) mass is 706 g/mol. The minimum Gasteiger partial charge on any atom is -0.465 e. The number of carbonyl (C=O) groups is 4. The Morgan fingerprint density at radius 3 is 1.31 bits per heavy atom. The molecule has 4 aliphatic rings. The number of hydrogen-bond donors (Lipinski definition) is 6. The van der Waals surface area contributed by atoms with Crippen LogP contribution in [0.2, 0.25) is 0 Å². The summed E-state index contributed by atoms with van der Waals surface area (Å²) >= 11 is 0. The minimum atomic E-state index is -1.17. The Balaban J connectivity index is 0.917. The summed E-state index contributed by atoms with van der Waals surface area (Å²) in [6, 6.07) is 14.5. The van der Waals surface area contributed by atoms with E-state index >= 15 is 0 Å². The Bertz CT molecular complexity index is 1820. The van der Waals surface area contributed by atoms with Gasteiger partial charge in [0.2, 0.25) is 11.8 Å². The molecule has 2 aromatic heterocycles. The molecule has 4 atom stereocenters. The maximum absolute atomic E-state index is 13.4. The molecule has 4 aromatic rings. The molecular weight excluding hydrogens is 664 g/mol. The van der Waals surface area contributed by atoms with E-state index < -0.39 is 24.3 Å². The van der Waals surface area contributed by atoms with Gasteiger partial charge in [-0.1, -0.05) is 48.5 Å². The van der Waals surface area contributed by atoms with Crippen molar-refractivity contribution in [1.82, 2.24) is 40.4 Å². The molecule has 2 saturated carbocycles. The number of nitrogens with one attached hydrogen (secondary N) is 4. The van der Waals surface area contributed by atoms with Crippen LogP contribution in [0.25, 0.3) is 33.6 Å². The Morgan fingerprint density at radius 2 is 0.962 bits per heavy atom. The van der Waals surface area contributed by atoms with Crippen LogP contribution < -0.4 is 10.6 Å². The molecule has 52 heavy (non-hydrogen) atoms. The van der Waals surface area contributed by atoms with Crippen molar-refractivity contribution in [2.24, 2.45) is 11.8 Å². The van der Waals surface area contributed by atoms with Crippen molar-refractivity contribution < 1.29 is 29.4 Å². The van der Waals surface area contributed by atoms with Gasteiger partial charge in [-0.3, -0.25) is 9.59 Å². The molecule has 2 aliphatic carbocycles. The van der Waals surface area contributed by atoms with Crippen molar-refractivity contribution in [2.45, 2.75) is 75.5 Å². The van der Waals surface area contributed by atoms with Gasteiger partial charge in [0.25, 0.3) is 0 Å². The molecular formula is C38H42N8O6. The predicted molar refractivity (Wildman–Crippen MR) is 190 cm³/mol. The maximum atomic E-state index is 13.4. The van der Waals surface area contributed by atoms with Crippen LogP contribution in [0.4, 0.5) is 9.59 Å². The standard InChI is InChI=1S/C38H42N8O6/c47-35(31(25-13-14-25)43-37(49)50)45-17-1-3-29(45)33-39-19-27(41-33)23-9-5-21(6-10-23)22-7-11-24(12-8-22)28-20-40-34(42-28)30-4-2-18-46(30)36(48)32(26-15-16-26)44-38(51)52/h5-12,19-20,25-26,29-32,43-44H,1-4,13-18H2,(H,39,41)(H,40,42)(H,49,50)(H,51,52)/t29-,30?,31-,32?/m1/s1. The Hall–Kier alpha value is -5.66. The lowest BCUT2D eigenvalue weighted by Gasteiger charge is -2.28. The van der Waals surface area contributed by atoms with E-state index in [1.165, 1.54) is 0 Å². The van der Waals surface area contributed by atoms with Crippen molar-refractivity contribution in [2.75, 3.05) is 13.1 Å². The summed E-state index contributed by atoms with van der Waals surface area (Å²) in [5.74, 6) is 1.20. The molecule has 2 aromatic carbocycles. The van der Waals surface area contributed by atoms with Crippen molar-refractivity contribution in [3.05, 3.63) is 72.6 Å². The molecule has 2 unspecified atom stereocenters. The SMILES string of the molecule is O=C(O)NC(C(=O)N1CCCC1c1ncc(-c2ccc(-c3ccc(-c4cnc([C@H]5CCCN5C(=O)[C@H](NC(=O)O)C5CC5)[nH]4)cc3)cc2)[nH]1)C1CC1. The molecule has 0 spiro atoms. The average Bonchev–Trinajstić information content (AvgIpc) is 3.87. The summed E-state index contributed by atoms with van der Waals surface area (Å²) in [5, 5.41) is 23.5. The van der Waals surface area contributed by atoms with Gasteiger partial charge in [0.05, 0.1) is 35.9 Å². The normalized spacial score (nSPS) is 21.2. The third kappa shape index (κ3) is 6.84. The van der Waals surface area contributed by atoms with Gasteiger partial charge in [-0.15, -0.1) is 0 Å². The van der Waals surface area contributed by atoms with Crippen molar-refractivity contribution in [3.8, 4) is 33.6 Å². The second-order valence-corrected chi connectivity index (χ2v) is 14.4. The number of nitrogens with zero attached hydrogens (tertiary/aromatic N) is 4. The number of rotatable bonds is 11. The number of imidazole rings is 2. The summed E-state index contributed by atoms with van der Waals surface area (Å²) in [4.78, 5) is 69.1. The van der Waals surface area contributed by atoms with Gasteiger partial charge in [0.1, 0.15) is 23.7 Å². The topological polar surface area (TPSA) is 197 Å². The van der Waals surface area contributed by atoms with Crippen LogP contribution in [0.3, 0.4) is 0 Å². The van der Waals surface area contributed by atoms with E-state index in [4.69, 9.17) is 0 Å². The number of likely N-dealkylation sites (tertiary alicyclic amines) is 2. The first-order valence-corrected chi connectivity index (χ1v) is 18.1. The lowest BCUT2D eigenvalue weighted by Crippen LogP contribution is -2.49. The first-order chi connectivity index (χ1) is 25.2. The molecule has 4 fully saturated rings. The second-order valence-electron chi connectivity index (χ2n) is 14.4. The van der Waals surface area contributed by atoms with E-state index in [0.29, 0.717) is 24.7 Å². The highest BCUT2D eigenvalue weighted by atomic mass is 16.4. The zero-order valence-electron chi connectivity index (χ0n) is 28.6. The van der Waals surface area contributed by atoms with Crippen molar-refractivity contribution in [1.29, 1.82) is 0 Å². The van der Waals surface area contributed by atoms with E-state index in [1.54, 1.807) is 22.2 Å². The number of hydrogen-bond acceptors (Lipinski definition) is 6. The Morgan fingerprint density at radius 1 is 0.596 bits per heavy atom.